The summed E-state index contributed by atoms with van der Waals surface area (Å²) in [5, 5.41) is 0. The maximum absolute atomic E-state index is 12.4. The Morgan fingerprint density at radius 3 is 2.53 bits per heavy atom. The summed E-state index contributed by atoms with van der Waals surface area (Å²) < 4.78 is 0. The fraction of sp³-hybridized carbons (Fsp3) is 0.938. The summed E-state index contributed by atoms with van der Waals surface area (Å²) in [4.78, 5) is 14.5. The molecule has 0 aliphatic heterocycles. The zero-order valence-electron chi connectivity index (χ0n) is 12.9. The highest BCUT2D eigenvalue weighted by atomic mass is 16.2. The van der Waals surface area contributed by atoms with E-state index < -0.39 is 0 Å². The molecule has 0 radical (unpaired) electrons. The van der Waals surface area contributed by atoms with Gasteiger partial charge in [0.25, 0.3) is 0 Å². The fourth-order valence-electron chi connectivity index (χ4n) is 3.32. The first kappa shape index (κ1) is 16.5. The van der Waals surface area contributed by atoms with E-state index in [1.54, 1.807) is 0 Å². The maximum atomic E-state index is 12.4. The summed E-state index contributed by atoms with van der Waals surface area (Å²) in [5.41, 5.74) is 5.89. The van der Waals surface area contributed by atoms with Gasteiger partial charge in [-0.3, -0.25) is 4.79 Å². The SMILES string of the molecule is CCCCCCC(=O)N(CC)C1CCCCC1CN. The summed E-state index contributed by atoms with van der Waals surface area (Å²) in [6.07, 6.45) is 10.3. The van der Waals surface area contributed by atoms with E-state index >= 15 is 0 Å². The van der Waals surface area contributed by atoms with Crippen LogP contribution < -0.4 is 5.73 Å². The molecular formula is C16H32N2O. The van der Waals surface area contributed by atoms with Crippen molar-refractivity contribution in [2.45, 2.75) is 77.7 Å². The topological polar surface area (TPSA) is 46.3 Å². The molecule has 1 saturated carbocycles. The molecular weight excluding hydrogens is 236 g/mol. The Morgan fingerprint density at radius 2 is 1.89 bits per heavy atom. The summed E-state index contributed by atoms with van der Waals surface area (Å²) in [7, 11) is 0. The third-order valence-corrected chi connectivity index (χ3v) is 4.48. The van der Waals surface area contributed by atoms with Gasteiger partial charge in [-0.1, -0.05) is 39.0 Å². The highest BCUT2D eigenvalue weighted by molar-refractivity contribution is 5.76. The van der Waals surface area contributed by atoms with Crippen molar-refractivity contribution in [1.29, 1.82) is 0 Å². The van der Waals surface area contributed by atoms with Gasteiger partial charge < -0.3 is 10.6 Å². The molecule has 0 spiro atoms. The van der Waals surface area contributed by atoms with Gasteiger partial charge in [-0.2, -0.15) is 0 Å². The lowest BCUT2D eigenvalue weighted by molar-refractivity contribution is -0.135. The molecule has 1 aliphatic rings. The van der Waals surface area contributed by atoms with Crippen molar-refractivity contribution in [3.8, 4) is 0 Å². The van der Waals surface area contributed by atoms with Crippen molar-refractivity contribution in [3.05, 3.63) is 0 Å². The Labute approximate surface area is 118 Å². The minimum Gasteiger partial charge on any atom is -0.340 e. The van der Waals surface area contributed by atoms with Crippen molar-refractivity contribution >= 4 is 5.91 Å². The Kier molecular flexibility index (Phi) is 8.11. The van der Waals surface area contributed by atoms with Gasteiger partial charge in [-0.25, -0.2) is 0 Å². The van der Waals surface area contributed by atoms with Crippen LogP contribution in [0.5, 0.6) is 0 Å². The van der Waals surface area contributed by atoms with Crippen molar-refractivity contribution in [1.82, 2.24) is 4.90 Å². The molecule has 0 aromatic heterocycles. The van der Waals surface area contributed by atoms with Crippen LogP contribution in [0, 0.1) is 5.92 Å². The van der Waals surface area contributed by atoms with Gasteiger partial charge in [-0.05, 0) is 38.6 Å². The molecule has 1 amide bonds. The Balaban J connectivity index is 2.47. The molecule has 0 heterocycles. The number of hydrogen-bond acceptors (Lipinski definition) is 2. The quantitative estimate of drug-likeness (QED) is 0.686. The zero-order valence-corrected chi connectivity index (χ0v) is 12.9. The van der Waals surface area contributed by atoms with Crippen LogP contribution in [-0.2, 0) is 4.79 Å². The number of hydrogen-bond donors (Lipinski definition) is 1. The summed E-state index contributed by atoms with van der Waals surface area (Å²) in [6, 6.07) is 0.405. The van der Waals surface area contributed by atoms with Gasteiger partial charge >= 0.3 is 0 Å². The van der Waals surface area contributed by atoms with Crippen molar-refractivity contribution in [3.63, 3.8) is 0 Å². The molecule has 2 unspecified atom stereocenters. The third-order valence-electron chi connectivity index (χ3n) is 4.48. The molecule has 1 aliphatic carbocycles. The van der Waals surface area contributed by atoms with Crippen LogP contribution in [0.25, 0.3) is 0 Å². The minimum absolute atomic E-state index is 0.351. The lowest BCUT2D eigenvalue weighted by Crippen LogP contribution is -2.47. The van der Waals surface area contributed by atoms with Crippen LogP contribution in [0.4, 0.5) is 0 Å². The van der Waals surface area contributed by atoms with E-state index in [-0.39, 0.29) is 0 Å². The van der Waals surface area contributed by atoms with Crippen molar-refractivity contribution < 1.29 is 4.79 Å². The molecule has 2 atom stereocenters. The second-order valence-electron chi connectivity index (χ2n) is 5.84. The summed E-state index contributed by atoms with van der Waals surface area (Å²) in [6.45, 7) is 5.87. The maximum Gasteiger partial charge on any atom is 0.222 e. The van der Waals surface area contributed by atoms with Crippen molar-refractivity contribution in [2.24, 2.45) is 11.7 Å². The lowest BCUT2D eigenvalue weighted by Gasteiger charge is -2.39. The summed E-state index contributed by atoms with van der Waals surface area (Å²) in [5.74, 6) is 0.872. The second kappa shape index (κ2) is 9.35. The Hall–Kier alpha value is -0.570. The van der Waals surface area contributed by atoms with E-state index in [1.807, 2.05) is 0 Å². The van der Waals surface area contributed by atoms with Crippen molar-refractivity contribution in [2.75, 3.05) is 13.1 Å². The van der Waals surface area contributed by atoms with E-state index in [0.717, 1.165) is 32.4 Å². The molecule has 0 aromatic rings. The van der Waals surface area contributed by atoms with Gasteiger partial charge in [0.1, 0.15) is 0 Å². The molecule has 1 rings (SSSR count). The van der Waals surface area contributed by atoms with Crippen LogP contribution in [0.3, 0.4) is 0 Å². The predicted molar refractivity (Wildman–Crippen MR) is 80.9 cm³/mol. The van der Waals surface area contributed by atoms with Crippen LogP contribution >= 0.6 is 0 Å². The number of unbranched alkanes of at least 4 members (excludes halogenated alkanes) is 3. The lowest BCUT2D eigenvalue weighted by atomic mass is 9.83. The van der Waals surface area contributed by atoms with Gasteiger partial charge in [0.2, 0.25) is 5.91 Å². The first-order valence-electron chi connectivity index (χ1n) is 8.24. The molecule has 0 bridgehead atoms. The van der Waals surface area contributed by atoms with Crippen LogP contribution in [-0.4, -0.2) is 29.9 Å². The molecule has 3 heteroatoms. The average molecular weight is 268 g/mol. The normalized spacial score (nSPS) is 23.3. The molecule has 2 N–H and O–H groups in total. The molecule has 19 heavy (non-hydrogen) atoms. The van der Waals surface area contributed by atoms with E-state index in [1.165, 1.54) is 38.5 Å². The number of nitrogens with zero attached hydrogens (tertiary/aromatic N) is 1. The van der Waals surface area contributed by atoms with E-state index in [4.69, 9.17) is 5.73 Å². The fourth-order valence-corrected chi connectivity index (χ4v) is 3.32. The second-order valence-corrected chi connectivity index (χ2v) is 5.84. The van der Waals surface area contributed by atoms with Gasteiger partial charge in [0, 0.05) is 19.0 Å². The number of carbonyl (C=O) groups is 1. The van der Waals surface area contributed by atoms with Gasteiger partial charge in [-0.15, -0.1) is 0 Å². The number of nitrogens with two attached hydrogens (primary N) is 1. The van der Waals surface area contributed by atoms with Gasteiger partial charge in [0.15, 0.2) is 0 Å². The molecule has 112 valence electrons. The summed E-state index contributed by atoms with van der Waals surface area (Å²) >= 11 is 0. The highest BCUT2D eigenvalue weighted by Gasteiger charge is 2.30. The van der Waals surface area contributed by atoms with Crippen LogP contribution in [0.2, 0.25) is 0 Å². The van der Waals surface area contributed by atoms with E-state index in [0.29, 0.717) is 17.9 Å². The van der Waals surface area contributed by atoms with Crippen LogP contribution in [0.1, 0.15) is 71.6 Å². The zero-order chi connectivity index (χ0) is 14.1. The first-order valence-corrected chi connectivity index (χ1v) is 8.24. The first-order chi connectivity index (χ1) is 9.24. The minimum atomic E-state index is 0.351. The highest BCUT2D eigenvalue weighted by Crippen LogP contribution is 2.28. The molecule has 0 aromatic carbocycles. The average Bonchev–Trinajstić information content (AvgIpc) is 2.45. The molecule has 1 fully saturated rings. The smallest absolute Gasteiger partial charge is 0.222 e. The van der Waals surface area contributed by atoms with Crippen LogP contribution in [0.15, 0.2) is 0 Å². The number of rotatable bonds is 8. The Morgan fingerprint density at radius 1 is 1.16 bits per heavy atom. The third kappa shape index (κ3) is 5.13. The molecule has 3 nitrogen and oxygen atoms in total. The van der Waals surface area contributed by atoms with Gasteiger partial charge in [0.05, 0.1) is 0 Å². The number of amides is 1. The predicted octanol–water partition coefficient (Wildman–Crippen LogP) is 3.32. The van der Waals surface area contributed by atoms with E-state index in [2.05, 4.69) is 18.7 Å². The molecule has 0 saturated heterocycles. The Bertz CT molecular complexity index is 255. The largest absolute Gasteiger partial charge is 0.340 e. The number of carbonyl (C=O) groups excluding carboxylic acids is 1. The monoisotopic (exact) mass is 268 g/mol. The van der Waals surface area contributed by atoms with E-state index in [9.17, 15) is 4.79 Å². The standard InChI is InChI=1S/C16H32N2O/c1-3-5-6-7-12-16(19)18(4-2)15-11-9-8-10-14(15)13-17/h14-15H,3-13,17H2,1-2H3.